The Morgan fingerprint density at radius 2 is 1.46 bits per heavy atom. The van der Waals surface area contributed by atoms with Crippen molar-refractivity contribution in [1.82, 2.24) is 9.80 Å². The molecular weight excluding hydrogens is 444 g/mol. The summed E-state index contributed by atoms with van der Waals surface area (Å²) in [6.07, 6.45) is -0.267. The highest BCUT2D eigenvalue weighted by Gasteiger charge is 2.39. The Morgan fingerprint density at radius 3 is 2.09 bits per heavy atom. The third-order valence-electron chi connectivity index (χ3n) is 6.75. The van der Waals surface area contributed by atoms with Crippen molar-refractivity contribution in [1.29, 1.82) is 0 Å². The minimum atomic E-state index is -1.08. The van der Waals surface area contributed by atoms with Gasteiger partial charge in [-0.05, 0) is 27.8 Å². The van der Waals surface area contributed by atoms with Gasteiger partial charge in [-0.3, -0.25) is 14.5 Å². The summed E-state index contributed by atoms with van der Waals surface area (Å²) < 4.78 is 5.81. The Balaban J connectivity index is 1.35. The van der Waals surface area contributed by atoms with E-state index in [2.05, 4.69) is 24.3 Å². The van der Waals surface area contributed by atoms with E-state index in [1.165, 1.54) is 9.80 Å². The lowest BCUT2D eigenvalue weighted by Crippen LogP contribution is -2.60. The molecule has 3 aromatic carbocycles. The minimum Gasteiger partial charge on any atom is -0.480 e. The van der Waals surface area contributed by atoms with Crippen LogP contribution in [0.5, 0.6) is 0 Å². The molecule has 7 nitrogen and oxygen atoms in total. The van der Waals surface area contributed by atoms with Gasteiger partial charge in [0.05, 0.1) is 0 Å². The molecule has 0 radical (unpaired) electrons. The van der Waals surface area contributed by atoms with E-state index >= 15 is 0 Å². The summed E-state index contributed by atoms with van der Waals surface area (Å²) in [5.74, 6) is -1.54. The van der Waals surface area contributed by atoms with E-state index in [1.54, 1.807) is 0 Å². The monoisotopic (exact) mass is 470 g/mol. The summed E-state index contributed by atoms with van der Waals surface area (Å²) in [6, 6.07) is 24.8. The van der Waals surface area contributed by atoms with Crippen LogP contribution in [0.1, 0.15) is 22.6 Å². The molecule has 1 fully saturated rings. The molecule has 35 heavy (non-hydrogen) atoms. The quantitative estimate of drug-likeness (QED) is 0.593. The number of hydrogen-bond acceptors (Lipinski definition) is 4. The number of piperazine rings is 1. The Kier molecular flexibility index (Phi) is 6.23. The fourth-order valence-corrected chi connectivity index (χ4v) is 5.09. The van der Waals surface area contributed by atoms with Crippen molar-refractivity contribution >= 4 is 18.0 Å². The van der Waals surface area contributed by atoms with E-state index in [-0.39, 0.29) is 38.1 Å². The minimum absolute atomic E-state index is 0.0806. The van der Waals surface area contributed by atoms with Crippen LogP contribution in [0, 0.1) is 0 Å². The zero-order chi connectivity index (χ0) is 24.4. The van der Waals surface area contributed by atoms with Crippen LogP contribution in [-0.2, 0) is 20.7 Å². The van der Waals surface area contributed by atoms with E-state index < -0.39 is 18.1 Å². The SMILES string of the molecule is O=C(O)CN1CCN(C(=O)OCC2c3ccccc3-c3ccccc32)[C@@H](Cc2ccccc2)C1=O. The molecule has 1 N–H and O–H groups in total. The van der Waals surface area contributed by atoms with Crippen LogP contribution in [0.25, 0.3) is 11.1 Å². The molecule has 1 heterocycles. The Hall–Kier alpha value is -4.13. The molecular formula is C28H26N2O5. The second-order valence-electron chi connectivity index (χ2n) is 8.86. The average molecular weight is 471 g/mol. The van der Waals surface area contributed by atoms with Crippen molar-refractivity contribution in [3.05, 3.63) is 95.6 Å². The molecule has 1 aliphatic heterocycles. The Morgan fingerprint density at radius 1 is 0.857 bits per heavy atom. The van der Waals surface area contributed by atoms with Crippen LogP contribution in [0.15, 0.2) is 78.9 Å². The fourth-order valence-electron chi connectivity index (χ4n) is 5.09. The van der Waals surface area contributed by atoms with Crippen molar-refractivity contribution in [2.75, 3.05) is 26.2 Å². The van der Waals surface area contributed by atoms with Crippen LogP contribution < -0.4 is 0 Å². The number of aliphatic carboxylic acids is 1. The highest BCUT2D eigenvalue weighted by Crippen LogP contribution is 2.44. The van der Waals surface area contributed by atoms with E-state index in [0.717, 1.165) is 27.8 Å². The van der Waals surface area contributed by atoms with Crippen LogP contribution in [-0.4, -0.2) is 65.2 Å². The molecule has 2 amide bonds. The lowest BCUT2D eigenvalue weighted by atomic mass is 9.98. The van der Waals surface area contributed by atoms with Crippen LogP contribution >= 0.6 is 0 Å². The third-order valence-corrected chi connectivity index (χ3v) is 6.75. The summed E-state index contributed by atoms with van der Waals surface area (Å²) >= 11 is 0. The maximum Gasteiger partial charge on any atom is 0.410 e. The van der Waals surface area contributed by atoms with Crippen molar-refractivity contribution in [2.45, 2.75) is 18.4 Å². The van der Waals surface area contributed by atoms with Crippen LogP contribution in [0.2, 0.25) is 0 Å². The smallest absolute Gasteiger partial charge is 0.410 e. The first-order valence-corrected chi connectivity index (χ1v) is 11.7. The van der Waals surface area contributed by atoms with E-state index in [9.17, 15) is 19.5 Å². The topological polar surface area (TPSA) is 87.2 Å². The first-order chi connectivity index (χ1) is 17.0. The van der Waals surface area contributed by atoms with Gasteiger partial charge in [-0.25, -0.2) is 4.79 Å². The largest absolute Gasteiger partial charge is 0.480 e. The number of carbonyl (C=O) groups excluding carboxylic acids is 2. The van der Waals surface area contributed by atoms with Gasteiger partial charge in [0.25, 0.3) is 0 Å². The highest BCUT2D eigenvalue weighted by atomic mass is 16.6. The molecule has 7 heteroatoms. The normalized spacial score (nSPS) is 17.1. The van der Waals surface area contributed by atoms with Gasteiger partial charge in [0.1, 0.15) is 19.2 Å². The fraction of sp³-hybridized carbons (Fsp3) is 0.250. The van der Waals surface area contributed by atoms with Gasteiger partial charge in [0, 0.05) is 25.4 Å². The van der Waals surface area contributed by atoms with Gasteiger partial charge in [-0.2, -0.15) is 0 Å². The molecule has 3 aromatic rings. The van der Waals surface area contributed by atoms with Crippen molar-refractivity contribution in [3.63, 3.8) is 0 Å². The molecule has 5 rings (SSSR count). The van der Waals surface area contributed by atoms with Crippen molar-refractivity contribution < 1.29 is 24.2 Å². The van der Waals surface area contributed by atoms with Crippen molar-refractivity contribution in [3.8, 4) is 11.1 Å². The van der Waals surface area contributed by atoms with E-state index in [4.69, 9.17) is 4.74 Å². The lowest BCUT2D eigenvalue weighted by Gasteiger charge is -2.39. The van der Waals surface area contributed by atoms with Crippen LogP contribution in [0.3, 0.4) is 0 Å². The number of rotatable bonds is 6. The molecule has 0 spiro atoms. The Bertz CT molecular complexity index is 1210. The number of fused-ring (bicyclic) bond motifs is 3. The molecule has 0 aromatic heterocycles. The number of carbonyl (C=O) groups is 3. The number of ether oxygens (including phenoxy) is 1. The molecule has 178 valence electrons. The molecule has 0 bridgehead atoms. The van der Waals surface area contributed by atoms with Gasteiger partial charge in [0.2, 0.25) is 5.91 Å². The second kappa shape index (κ2) is 9.62. The second-order valence-corrected chi connectivity index (χ2v) is 8.86. The number of nitrogens with zero attached hydrogens (tertiary/aromatic N) is 2. The standard InChI is InChI=1S/C28H26N2O5/c31-26(32)17-29-14-15-30(25(27(29)33)16-19-8-2-1-3-9-19)28(34)35-18-24-22-12-6-4-10-20(22)21-11-5-7-13-23(21)24/h1-13,24-25H,14-18H2,(H,31,32)/t25-/m0/s1. The zero-order valence-electron chi connectivity index (χ0n) is 19.2. The van der Waals surface area contributed by atoms with E-state index in [1.807, 2.05) is 54.6 Å². The summed E-state index contributed by atoms with van der Waals surface area (Å²) in [5, 5.41) is 9.20. The summed E-state index contributed by atoms with van der Waals surface area (Å²) in [7, 11) is 0. The molecule has 0 saturated carbocycles. The molecule has 1 atom stereocenters. The van der Waals surface area contributed by atoms with Gasteiger partial charge < -0.3 is 14.7 Å². The van der Waals surface area contributed by atoms with Gasteiger partial charge in [-0.1, -0.05) is 78.9 Å². The predicted octanol–water partition coefficient (Wildman–Crippen LogP) is 3.78. The number of hydrogen-bond donors (Lipinski definition) is 1. The highest BCUT2D eigenvalue weighted by molar-refractivity contribution is 5.89. The predicted molar refractivity (Wildman–Crippen MR) is 130 cm³/mol. The van der Waals surface area contributed by atoms with Crippen LogP contribution in [0.4, 0.5) is 4.79 Å². The number of benzene rings is 3. The van der Waals surface area contributed by atoms with Gasteiger partial charge >= 0.3 is 12.1 Å². The van der Waals surface area contributed by atoms with Gasteiger partial charge in [0.15, 0.2) is 0 Å². The summed E-state index contributed by atoms with van der Waals surface area (Å²) in [5.41, 5.74) is 5.40. The number of carboxylic acids is 1. The third kappa shape index (κ3) is 4.49. The van der Waals surface area contributed by atoms with E-state index in [0.29, 0.717) is 6.42 Å². The molecule has 1 saturated heterocycles. The molecule has 0 unspecified atom stereocenters. The zero-order valence-corrected chi connectivity index (χ0v) is 19.2. The average Bonchev–Trinajstić information content (AvgIpc) is 3.19. The summed E-state index contributed by atoms with van der Waals surface area (Å²) in [6.45, 7) is 0.144. The molecule has 2 aliphatic rings. The Labute approximate surface area is 203 Å². The molecule has 1 aliphatic carbocycles. The number of amides is 2. The maximum absolute atomic E-state index is 13.3. The van der Waals surface area contributed by atoms with Gasteiger partial charge in [-0.15, -0.1) is 0 Å². The summed E-state index contributed by atoms with van der Waals surface area (Å²) in [4.78, 5) is 40.4. The maximum atomic E-state index is 13.3. The first-order valence-electron chi connectivity index (χ1n) is 11.7. The number of carboxylic acid groups (broad SMARTS) is 1. The first kappa shape index (κ1) is 22.7. The lowest BCUT2D eigenvalue weighted by molar-refractivity contribution is -0.149. The van der Waals surface area contributed by atoms with Crippen molar-refractivity contribution in [2.24, 2.45) is 0 Å².